The van der Waals surface area contributed by atoms with Gasteiger partial charge in [0.2, 0.25) is 5.91 Å². The van der Waals surface area contributed by atoms with Crippen molar-refractivity contribution in [2.24, 2.45) is 5.92 Å². The summed E-state index contributed by atoms with van der Waals surface area (Å²) >= 11 is 0. The van der Waals surface area contributed by atoms with Crippen molar-refractivity contribution >= 4 is 23.5 Å². The fourth-order valence-electron chi connectivity index (χ4n) is 4.22. The average Bonchev–Trinajstić information content (AvgIpc) is 3.51. The number of aryl methyl sites for hydroxylation is 2. The molecule has 4 rings (SSSR count). The van der Waals surface area contributed by atoms with Crippen molar-refractivity contribution in [1.29, 1.82) is 0 Å². The van der Waals surface area contributed by atoms with Gasteiger partial charge in [-0.2, -0.15) is 0 Å². The Bertz CT molecular complexity index is 1050. The molecule has 2 aromatic carbocycles. The van der Waals surface area contributed by atoms with Gasteiger partial charge in [0.15, 0.2) is 11.6 Å². The van der Waals surface area contributed by atoms with Crippen LogP contribution in [-0.2, 0) is 20.8 Å². The summed E-state index contributed by atoms with van der Waals surface area (Å²) in [7, 11) is 0. The second-order valence-corrected chi connectivity index (χ2v) is 9.15. The molecule has 0 bridgehead atoms. The molecule has 1 atom stereocenters. The van der Waals surface area contributed by atoms with Crippen molar-refractivity contribution in [3.8, 4) is 0 Å². The van der Waals surface area contributed by atoms with E-state index < -0.39 is 0 Å². The lowest BCUT2D eigenvalue weighted by molar-refractivity contribution is -0.134. The first-order valence-electron chi connectivity index (χ1n) is 14.5. The van der Waals surface area contributed by atoms with Crippen molar-refractivity contribution in [1.82, 2.24) is 4.90 Å². The Balaban J connectivity index is 0.000000546. The molecule has 0 saturated carbocycles. The molecule has 1 fully saturated rings. The predicted molar refractivity (Wildman–Crippen MR) is 167 cm³/mol. The molecule has 1 aliphatic heterocycles. The number of benzene rings is 2. The van der Waals surface area contributed by atoms with Gasteiger partial charge in [0.1, 0.15) is 0 Å². The maximum absolute atomic E-state index is 12.0. The van der Waals surface area contributed by atoms with Crippen LogP contribution in [0, 0.1) is 12.8 Å². The normalized spacial score (nSPS) is 13.5. The SMILES string of the molecule is C=C(C(C)=O)[C@@H](CC)C(=O)N1CCCC1.CC.CC.CC(=O)C1=Cc2ccccc2CC1.Cc1ccccc1. The van der Waals surface area contributed by atoms with Crippen LogP contribution in [0.3, 0.4) is 0 Å². The minimum absolute atomic E-state index is 0.0746. The number of likely N-dealkylation sites (tertiary alicyclic amines) is 1. The molecule has 0 spiro atoms. The van der Waals surface area contributed by atoms with E-state index in [0.717, 1.165) is 44.3 Å². The molecule has 214 valence electrons. The number of fused-ring (bicyclic) bond motifs is 1. The van der Waals surface area contributed by atoms with Crippen LogP contribution < -0.4 is 0 Å². The number of carbonyl (C=O) groups excluding carboxylic acids is 3. The summed E-state index contributed by atoms with van der Waals surface area (Å²) < 4.78 is 0. The first-order chi connectivity index (χ1) is 18.7. The molecule has 0 N–H and O–H groups in total. The summed E-state index contributed by atoms with van der Waals surface area (Å²) in [5, 5.41) is 0. The van der Waals surface area contributed by atoms with E-state index in [1.54, 1.807) is 6.92 Å². The number of rotatable bonds is 5. The van der Waals surface area contributed by atoms with Gasteiger partial charge < -0.3 is 4.90 Å². The van der Waals surface area contributed by atoms with Gasteiger partial charge in [0, 0.05) is 18.7 Å². The van der Waals surface area contributed by atoms with Crippen LogP contribution in [0.1, 0.15) is 90.8 Å². The third-order valence-corrected chi connectivity index (χ3v) is 6.44. The van der Waals surface area contributed by atoms with E-state index >= 15 is 0 Å². The second-order valence-electron chi connectivity index (χ2n) is 9.15. The van der Waals surface area contributed by atoms with Crippen LogP contribution in [0.2, 0.25) is 0 Å². The molecule has 1 heterocycles. The zero-order chi connectivity index (χ0) is 29.8. The van der Waals surface area contributed by atoms with Gasteiger partial charge in [-0.25, -0.2) is 0 Å². The lowest BCUT2D eigenvalue weighted by atomic mass is 9.91. The largest absolute Gasteiger partial charge is 0.342 e. The number of ketones is 2. The van der Waals surface area contributed by atoms with E-state index in [9.17, 15) is 14.4 Å². The van der Waals surface area contributed by atoms with Crippen LogP contribution in [0.5, 0.6) is 0 Å². The Hall–Kier alpha value is -3.27. The van der Waals surface area contributed by atoms with E-state index in [0.29, 0.717) is 12.0 Å². The Kier molecular flexibility index (Phi) is 18.9. The second kappa shape index (κ2) is 20.7. The lowest BCUT2D eigenvalue weighted by Gasteiger charge is -2.22. The Morgan fingerprint density at radius 2 is 1.38 bits per heavy atom. The highest BCUT2D eigenvalue weighted by Gasteiger charge is 2.28. The summed E-state index contributed by atoms with van der Waals surface area (Å²) in [5.74, 6) is -0.0975. The third-order valence-electron chi connectivity index (χ3n) is 6.44. The number of allylic oxidation sites excluding steroid dienone is 1. The molecule has 0 aromatic heterocycles. The Morgan fingerprint density at radius 3 is 1.85 bits per heavy atom. The molecular weight excluding hydrogens is 482 g/mol. The van der Waals surface area contributed by atoms with Crippen LogP contribution in [0.15, 0.2) is 72.3 Å². The summed E-state index contributed by atoms with van der Waals surface area (Å²) in [6.07, 6.45) is 6.73. The van der Waals surface area contributed by atoms with Crippen molar-refractivity contribution in [3.63, 3.8) is 0 Å². The quantitative estimate of drug-likeness (QED) is 0.362. The molecule has 39 heavy (non-hydrogen) atoms. The van der Waals surface area contributed by atoms with Gasteiger partial charge in [-0.3, -0.25) is 14.4 Å². The lowest BCUT2D eigenvalue weighted by Crippen LogP contribution is -2.35. The zero-order valence-corrected chi connectivity index (χ0v) is 25.7. The molecule has 2 aromatic rings. The van der Waals surface area contributed by atoms with Gasteiger partial charge in [0.25, 0.3) is 0 Å². The fourth-order valence-corrected chi connectivity index (χ4v) is 4.22. The molecule has 1 saturated heterocycles. The van der Waals surface area contributed by atoms with E-state index in [-0.39, 0.29) is 23.4 Å². The number of hydrogen-bond donors (Lipinski definition) is 0. The number of Topliss-reactive ketones (excluding diaryl/α,β-unsaturated/α-hetero) is 2. The molecule has 0 unspecified atom stereocenters. The summed E-state index contributed by atoms with van der Waals surface area (Å²) in [5.41, 5.74) is 5.29. The Morgan fingerprint density at radius 1 is 0.846 bits per heavy atom. The summed E-state index contributed by atoms with van der Waals surface area (Å²) in [6.45, 7) is 20.5. The molecule has 1 amide bonds. The highest BCUT2D eigenvalue weighted by molar-refractivity contribution is 5.99. The van der Waals surface area contributed by atoms with Crippen molar-refractivity contribution in [3.05, 3.63) is 89.0 Å². The number of amides is 1. The van der Waals surface area contributed by atoms with Gasteiger partial charge in [-0.1, -0.05) is 101 Å². The average molecular weight is 534 g/mol. The van der Waals surface area contributed by atoms with Crippen LogP contribution >= 0.6 is 0 Å². The number of nitrogens with zero attached hydrogens (tertiary/aromatic N) is 1. The summed E-state index contributed by atoms with van der Waals surface area (Å²) in [4.78, 5) is 36.2. The standard InChI is InChI=1S/C12H19NO2.C12H12O.C7H8.2C2H6/c1-4-11(9(2)10(3)14)12(15)13-7-5-6-8-13;1-9(13)11-7-6-10-4-2-3-5-12(10)8-11;1-7-5-3-2-4-6-7;2*1-2/h11H,2,4-8H2,1,3H3;2-5,8H,6-7H2,1H3;2-6H,1H3;2*1-2H3/t11-;;;;/m1..../s1. The minimum Gasteiger partial charge on any atom is -0.342 e. The van der Waals surface area contributed by atoms with Gasteiger partial charge >= 0.3 is 0 Å². The molecule has 4 heteroatoms. The highest BCUT2D eigenvalue weighted by atomic mass is 16.2. The number of hydrogen-bond acceptors (Lipinski definition) is 3. The first-order valence-corrected chi connectivity index (χ1v) is 14.5. The molecule has 4 nitrogen and oxygen atoms in total. The molecular formula is C35H51NO3. The minimum atomic E-state index is -0.305. The van der Waals surface area contributed by atoms with E-state index in [1.807, 2.05) is 75.9 Å². The van der Waals surface area contributed by atoms with Crippen molar-refractivity contribution in [2.75, 3.05) is 13.1 Å². The summed E-state index contributed by atoms with van der Waals surface area (Å²) in [6, 6.07) is 18.5. The fraction of sp³-hybridized carbons (Fsp3) is 0.457. The van der Waals surface area contributed by atoms with E-state index in [1.165, 1.54) is 23.6 Å². The van der Waals surface area contributed by atoms with Gasteiger partial charge in [0.05, 0.1) is 5.92 Å². The maximum atomic E-state index is 12.0. The first kappa shape index (κ1) is 35.7. The molecule has 2 aliphatic rings. The third kappa shape index (κ3) is 12.9. The van der Waals surface area contributed by atoms with Crippen LogP contribution in [0.4, 0.5) is 0 Å². The van der Waals surface area contributed by atoms with Crippen molar-refractivity contribution < 1.29 is 14.4 Å². The topological polar surface area (TPSA) is 54.5 Å². The van der Waals surface area contributed by atoms with Crippen molar-refractivity contribution in [2.45, 2.75) is 87.5 Å². The molecule has 0 radical (unpaired) electrons. The van der Waals surface area contributed by atoms with Crippen LogP contribution in [-0.4, -0.2) is 35.5 Å². The zero-order valence-electron chi connectivity index (χ0n) is 25.7. The smallest absolute Gasteiger partial charge is 0.230 e. The molecule has 1 aliphatic carbocycles. The highest BCUT2D eigenvalue weighted by Crippen LogP contribution is 2.24. The van der Waals surface area contributed by atoms with Gasteiger partial charge in [-0.05, 0) is 75.7 Å². The maximum Gasteiger partial charge on any atom is 0.230 e. The number of carbonyl (C=O) groups is 3. The van der Waals surface area contributed by atoms with E-state index in [4.69, 9.17) is 0 Å². The van der Waals surface area contributed by atoms with E-state index in [2.05, 4.69) is 37.8 Å². The Labute approximate surface area is 238 Å². The monoisotopic (exact) mass is 533 g/mol. The van der Waals surface area contributed by atoms with Crippen LogP contribution in [0.25, 0.3) is 6.08 Å². The predicted octanol–water partition coefficient (Wildman–Crippen LogP) is 8.43. The van der Waals surface area contributed by atoms with Gasteiger partial charge in [-0.15, -0.1) is 0 Å².